The van der Waals surface area contributed by atoms with E-state index in [9.17, 15) is 28.9 Å². The van der Waals surface area contributed by atoms with Gasteiger partial charge < -0.3 is 19.5 Å². The molecule has 17 nitrogen and oxygen atoms in total. The molecule has 0 spiro atoms. The zero-order valence-electron chi connectivity index (χ0n) is 14.7. The van der Waals surface area contributed by atoms with Crippen LogP contribution in [0, 0.1) is 0 Å². The lowest BCUT2D eigenvalue weighted by atomic mass is 10.0. The number of ether oxygens (including phenoxy) is 1. The first kappa shape index (κ1) is 25.1. The lowest BCUT2D eigenvalue weighted by molar-refractivity contribution is -0.179. The highest BCUT2D eigenvalue weighted by Crippen LogP contribution is 2.49. The molecule has 1 aromatic rings. The molecular weight excluding hydrogens is 481 g/mol. The van der Waals surface area contributed by atoms with Gasteiger partial charge in [0.05, 0.1) is 10.2 Å². The van der Waals surface area contributed by atoms with Gasteiger partial charge in [0.25, 0.3) is 5.56 Å². The lowest BCUT2D eigenvalue weighted by Gasteiger charge is -2.14. The standard InChI is InChI=1S/C10H15N2O15P3/c1-12-2-4(9(15)11-10(12)16)8-7(14)6(13)5(23-8)3-22-28(17)24-25-29(18)26-27-30(19,20)21/h2,5-8,13-14,19-21H,3H2,1H3/q+2/p+1. The van der Waals surface area contributed by atoms with Crippen molar-refractivity contribution < 1.29 is 62.0 Å². The zero-order valence-corrected chi connectivity index (χ0v) is 17.4. The normalized spacial score (nSPS) is 25.4. The molecule has 1 aliphatic rings. The average Bonchev–Trinajstić information content (AvgIpc) is 2.93. The zero-order chi connectivity index (χ0) is 22.6. The Morgan fingerprint density at radius 1 is 1.13 bits per heavy atom. The van der Waals surface area contributed by atoms with E-state index in [-0.39, 0.29) is 5.56 Å². The van der Waals surface area contributed by atoms with Gasteiger partial charge in [0, 0.05) is 22.4 Å². The molecule has 1 saturated heterocycles. The summed E-state index contributed by atoms with van der Waals surface area (Å²) in [6, 6.07) is 0. The molecule has 20 heteroatoms. The second-order valence-corrected chi connectivity index (χ2v) is 8.36. The summed E-state index contributed by atoms with van der Waals surface area (Å²) in [5.41, 5.74) is -1.70. The smallest absolute Gasteiger partial charge is 0.387 e. The minimum absolute atomic E-state index is 0.153. The molecule has 0 bridgehead atoms. The van der Waals surface area contributed by atoms with Crippen LogP contribution in [0.3, 0.4) is 0 Å². The predicted octanol–water partition coefficient (Wildman–Crippen LogP) is -1.88. The van der Waals surface area contributed by atoms with Crippen LogP contribution in [0.2, 0.25) is 0 Å². The Bertz CT molecular complexity index is 896. The van der Waals surface area contributed by atoms with E-state index < -0.39 is 67.0 Å². The van der Waals surface area contributed by atoms with Crippen molar-refractivity contribution in [3.8, 4) is 0 Å². The lowest BCUT2D eigenvalue weighted by Crippen LogP contribution is -2.35. The van der Waals surface area contributed by atoms with Gasteiger partial charge in [-0.15, -0.1) is 4.52 Å². The van der Waals surface area contributed by atoms with Crippen molar-refractivity contribution in [3.05, 3.63) is 32.6 Å². The molecule has 2 heterocycles. The third-order valence-electron chi connectivity index (χ3n) is 3.50. The van der Waals surface area contributed by atoms with Gasteiger partial charge in [-0.1, -0.05) is 0 Å². The monoisotopic (exact) mass is 497 g/mol. The summed E-state index contributed by atoms with van der Waals surface area (Å²) >= 11 is 0. The van der Waals surface area contributed by atoms with Crippen LogP contribution in [0.25, 0.3) is 0 Å². The molecule has 6 unspecified atom stereocenters. The Kier molecular flexibility index (Phi) is 8.76. The van der Waals surface area contributed by atoms with Crippen molar-refractivity contribution in [2.45, 2.75) is 24.4 Å². The van der Waals surface area contributed by atoms with Gasteiger partial charge in [0.1, 0.15) is 45.0 Å². The highest BCUT2D eigenvalue weighted by atomic mass is 31.2. The number of aliphatic hydroxyl groups is 2. The van der Waals surface area contributed by atoms with Gasteiger partial charge in [0.2, 0.25) is 0 Å². The molecule has 0 aliphatic carbocycles. The summed E-state index contributed by atoms with van der Waals surface area (Å²) < 4.78 is 48.6. The van der Waals surface area contributed by atoms with E-state index in [0.717, 1.165) is 10.8 Å². The van der Waals surface area contributed by atoms with Crippen LogP contribution >= 0.6 is 24.7 Å². The minimum atomic E-state index is -4.85. The molecule has 0 saturated carbocycles. The maximum absolute atomic E-state index is 11.9. The Balaban J connectivity index is 1.87. The van der Waals surface area contributed by atoms with Crippen LogP contribution in [0.15, 0.2) is 15.8 Å². The van der Waals surface area contributed by atoms with E-state index in [0.29, 0.717) is 0 Å². The molecule has 1 fully saturated rings. The average molecular weight is 497 g/mol. The van der Waals surface area contributed by atoms with Crippen LogP contribution in [0.4, 0.5) is 0 Å². The van der Waals surface area contributed by atoms with Gasteiger partial charge in [-0.2, -0.15) is 14.7 Å². The molecule has 30 heavy (non-hydrogen) atoms. The summed E-state index contributed by atoms with van der Waals surface area (Å²) in [4.78, 5) is 50.6. The number of hydrogen-bond donors (Lipinski definition) is 6. The first-order chi connectivity index (χ1) is 13.9. The molecule has 1 aliphatic heterocycles. The second kappa shape index (κ2) is 10.5. The number of aryl methyl sites for hydroxylation is 1. The van der Waals surface area contributed by atoms with Crippen LogP contribution in [0.5, 0.6) is 0 Å². The molecular formula is C10H16N2O15P3+3. The van der Waals surface area contributed by atoms with Crippen molar-refractivity contribution in [3.63, 3.8) is 0 Å². The van der Waals surface area contributed by atoms with E-state index in [1.807, 2.05) is 4.98 Å². The first-order valence-electron chi connectivity index (χ1n) is 7.56. The highest BCUT2D eigenvalue weighted by molar-refractivity contribution is 7.53. The minimum Gasteiger partial charge on any atom is -0.387 e. The van der Waals surface area contributed by atoms with E-state index in [1.54, 1.807) is 0 Å². The van der Waals surface area contributed by atoms with Crippen LogP contribution in [-0.2, 0) is 44.1 Å². The van der Waals surface area contributed by atoms with Gasteiger partial charge in [0.15, 0.2) is 0 Å². The van der Waals surface area contributed by atoms with Gasteiger partial charge >= 0.3 is 30.4 Å². The second-order valence-electron chi connectivity index (χ2n) is 5.59. The first-order valence-corrected chi connectivity index (χ1v) is 11.3. The Labute approximate surface area is 167 Å². The SMILES string of the molecule is Cn1cc(C2OC(CO[P+](=O)OO[P+](=O)OO[P+](O)(O)O)C(O)C2O)c(=O)[nH]c1=O. The summed E-state index contributed by atoms with van der Waals surface area (Å²) in [5, 5.41) is 20.1. The fraction of sp³-hybridized carbons (Fsp3) is 0.600. The quantitative estimate of drug-likeness (QED) is 0.118. The van der Waals surface area contributed by atoms with Crippen molar-refractivity contribution in [2.24, 2.45) is 7.05 Å². The van der Waals surface area contributed by atoms with Crippen molar-refractivity contribution in [1.82, 2.24) is 9.55 Å². The Morgan fingerprint density at radius 3 is 2.40 bits per heavy atom. The van der Waals surface area contributed by atoms with E-state index in [4.69, 9.17) is 19.4 Å². The largest absolute Gasteiger partial charge is 0.767 e. The van der Waals surface area contributed by atoms with Crippen LogP contribution < -0.4 is 11.2 Å². The summed E-state index contributed by atoms with van der Waals surface area (Å²) in [5.74, 6) is 0. The molecule has 0 aromatic carbocycles. The number of nitrogens with zero attached hydrogens (tertiary/aromatic N) is 1. The molecule has 6 N–H and O–H groups in total. The van der Waals surface area contributed by atoms with Gasteiger partial charge in [-0.3, -0.25) is 9.78 Å². The molecule has 168 valence electrons. The summed E-state index contributed by atoms with van der Waals surface area (Å²) in [6.45, 7) is -0.649. The molecule has 6 atom stereocenters. The van der Waals surface area contributed by atoms with Crippen LogP contribution in [-0.4, -0.2) is 59.4 Å². The molecule has 0 amide bonds. The molecule has 2 rings (SSSR count). The number of aromatic nitrogens is 2. The molecule has 0 radical (unpaired) electrons. The highest BCUT2D eigenvalue weighted by Gasteiger charge is 2.48. The number of H-pyrrole nitrogens is 1. The Morgan fingerprint density at radius 2 is 1.77 bits per heavy atom. The summed E-state index contributed by atoms with van der Waals surface area (Å²) in [6.07, 6.45) is -4.69. The topological polar surface area (TPSA) is 246 Å². The molecule has 1 aromatic heterocycles. The van der Waals surface area contributed by atoms with Gasteiger partial charge in [-0.05, 0) is 0 Å². The summed E-state index contributed by atoms with van der Waals surface area (Å²) in [7, 11) is -10.0. The maximum Gasteiger partial charge on any atom is 0.767 e. The predicted molar refractivity (Wildman–Crippen MR) is 91.0 cm³/mol. The van der Waals surface area contributed by atoms with Gasteiger partial charge in [-0.25, -0.2) is 4.79 Å². The fourth-order valence-corrected chi connectivity index (χ4v) is 3.57. The maximum atomic E-state index is 11.9. The number of hydrogen-bond acceptors (Lipinski definition) is 15. The third-order valence-corrected chi connectivity index (χ3v) is 4.96. The number of aromatic amines is 1. The van der Waals surface area contributed by atoms with Crippen molar-refractivity contribution >= 4 is 24.7 Å². The van der Waals surface area contributed by atoms with Crippen molar-refractivity contribution in [2.75, 3.05) is 6.61 Å². The van der Waals surface area contributed by atoms with E-state index in [1.165, 1.54) is 7.05 Å². The Hall–Kier alpha value is -1.13. The van der Waals surface area contributed by atoms with E-state index in [2.05, 4.69) is 23.2 Å². The third kappa shape index (κ3) is 6.95. The van der Waals surface area contributed by atoms with Crippen LogP contribution in [0.1, 0.15) is 11.7 Å². The number of aliphatic hydroxyl groups excluding tert-OH is 2. The fourth-order valence-electron chi connectivity index (χ4n) is 2.22. The van der Waals surface area contributed by atoms with E-state index >= 15 is 0 Å². The van der Waals surface area contributed by atoms with Crippen molar-refractivity contribution in [1.29, 1.82) is 0 Å². The number of rotatable bonds is 10. The number of nitrogens with one attached hydrogen (secondary N) is 1.